The van der Waals surface area contributed by atoms with E-state index in [2.05, 4.69) is 15.9 Å². The number of hydrogen-bond acceptors (Lipinski definition) is 2. The Morgan fingerprint density at radius 1 is 1.40 bits per heavy atom. The summed E-state index contributed by atoms with van der Waals surface area (Å²) in [5.74, 6) is 0.632. The molecule has 2 nitrogen and oxygen atoms in total. The van der Waals surface area contributed by atoms with Crippen LogP contribution in [0.3, 0.4) is 0 Å². The Morgan fingerprint density at radius 2 is 2.13 bits per heavy atom. The van der Waals surface area contributed by atoms with E-state index in [0.717, 1.165) is 10.0 Å². The van der Waals surface area contributed by atoms with Gasteiger partial charge in [0.2, 0.25) is 0 Å². The maximum atomic E-state index is 11.8. The van der Waals surface area contributed by atoms with Crippen molar-refractivity contribution in [3.05, 3.63) is 28.2 Å². The van der Waals surface area contributed by atoms with Gasteiger partial charge in [-0.15, -0.1) is 0 Å². The highest BCUT2D eigenvalue weighted by Crippen LogP contribution is 2.23. The second kappa shape index (κ2) is 6.02. The largest absolute Gasteiger partial charge is 0.496 e. The summed E-state index contributed by atoms with van der Waals surface area (Å²) in [7, 11) is 1.53. The van der Waals surface area contributed by atoms with E-state index in [1.165, 1.54) is 7.11 Å². The van der Waals surface area contributed by atoms with E-state index in [4.69, 9.17) is 9.47 Å². The molecule has 0 N–H and O–H groups in total. The molecule has 0 fully saturated rings. The SMILES string of the molecule is COc1ccc(Br)cc1COCC(F)F. The normalized spacial score (nSPS) is 10.7. The number of rotatable bonds is 5. The van der Waals surface area contributed by atoms with E-state index in [9.17, 15) is 8.78 Å². The van der Waals surface area contributed by atoms with Crippen LogP contribution in [-0.2, 0) is 11.3 Å². The van der Waals surface area contributed by atoms with Crippen molar-refractivity contribution in [2.75, 3.05) is 13.7 Å². The maximum Gasteiger partial charge on any atom is 0.261 e. The third-order valence-electron chi connectivity index (χ3n) is 1.74. The van der Waals surface area contributed by atoms with Crippen LogP contribution in [0.25, 0.3) is 0 Å². The van der Waals surface area contributed by atoms with E-state index in [0.29, 0.717) is 5.75 Å². The van der Waals surface area contributed by atoms with Gasteiger partial charge in [0.05, 0.1) is 13.7 Å². The zero-order valence-corrected chi connectivity index (χ0v) is 9.76. The molecule has 0 aliphatic heterocycles. The molecule has 0 saturated heterocycles. The molecule has 1 aromatic rings. The Hall–Kier alpha value is -0.680. The summed E-state index contributed by atoms with van der Waals surface area (Å²) in [6.45, 7) is -0.442. The lowest BCUT2D eigenvalue weighted by atomic mass is 10.2. The number of alkyl halides is 2. The highest BCUT2D eigenvalue weighted by Gasteiger charge is 2.06. The van der Waals surface area contributed by atoms with Gasteiger partial charge >= 0.3 is 0 Å². The fourth-order valence-corrected chi connectivity index (χ4v) is 1.53. The summed E-state index contributed by atoms with van der Waals surface area (Å²) in [6.07, 6.45) is -2.44. The predicted octanol–water partition coefficient (Wildman–Crippen LogP) is 3.24. The molecule has 84 valence electrons. The molecule has 0 bridgehead atoms. The Balaban J connectivity index is 2.62. The van der Waals surface area contributed by atoms with Gasteiger partial charge < -0.3 is 9.47 Å². The quantitative estimate of drug-likeness (QED) is 0.825. The van der Waals surface area contributed by atoms with Gasteiger partial charge in [0.25, 0.3) is 6.43 Å². The van der Waals surface area contributed by atoms with Crippen LogP contribution >= 0.6 is 15.9 Å². The van der Waals surface area contributed by atoms with E-state index in [1.54, 1.807) is 12.1 Å². The summed E-state index contributed by atoms with van der Waals surface area (Å²) < 4.78 is 34.4. The van der Waals surface area contributed by atoms with Crippen molar-refractivity contribution in [1.29, 1.82) is 0 Å². The standard InChI is InChI=1S/C10H11BrF2O2/c1-14-9-3-2-8(11)4-7(9)5-15-6-10(12)13/h2-4,10H,5-6H2,1H3. The van der Waals surface area contributed by atoms with Gasteiger partial charge in [0.1, 0.15) is 12.4 Å². The molecule has 15 heavy (non-hydrogen) atoms. The number of benzene rings is 1. The lowest BCUT2D eigenvalue weighted by Crippen LogP contribution is -2.05. The van der Waals surface area contributed by atoms with Crippen molar-refractivity contribution in [1.82, 2.24) is 0 Å². The van der Waals surface area contributed by atoms with E-state index < -0.39 is 13.0 Å². The van der Waals surface area contributed by atoms with E-state index in [-0.39, 0.29) is 6.61 Å². The Morgan fingerprint density at radius 3 is 2.73 bits per heavy atom. The van der Waals surface area contributed by atoms with Crippen LogP contribution in [0.15, 0.2) is 22.7 Å². The lowest BCUT2D eigenvalue weighted by molar-refractivity contribution is 0.00931. The van der Waals surface area contributed by atoms with Gasteiger partial charge in [-0.2, -0.15) is 0 Å². The highest BCUT2D eigenvalue weighted by atomic mass is 79.9. The van der Waals surface area contributed by atoms with Crippen LogP contribution in [0, 0.1) is 0 Å². The van der Waals surface area contributed by atoms with Gasteiger partial charge in [0, 0.05) is 10.0 Å². The molecule has 1 rings (SSSR count). The molecule has 0 heterocycles. The van der Waals surface area contributed by atoms with Gasteiger partial charge in [-0.3, -0.25) is 0 Å². The van der Waals surface area contributed by atoms with E-state index >= 15 is 0 Å². The fraction of sp³-hybridized carbons (Fsp3) is 0.400. The minimum atomic E-state index is -2.44. The molecule has 0 radical (unpaired) electrons. The molecule has 0 saturated carbocycles. The molecular formula is C10H11BrF2O2. The van der Waals surface area contributed by atoms with Crippen LogP contribution in [0.4, 0.5) is 8.78 Å². The number of ether oxygens (including phenoxy) is 2. The van der Waals surface area contributed by atoms with Gasteiger partial charge in [-0.1, -0.05) is 15.9 Å². The van der Waals surface area contributed by atoms with Crippen LogP contribution in [0.1, 0.15) is 5.56 Å². The molecule has 0 amide bonds. The molecule has 0 spiro atoms. The van der Waals surface area contributed by atoms with Gasteiger partial charge in [-0.05, 0) is 18.2 Å². The third kappa shape index (κ3) is 4.13. The zero-order valence-electron chi connectivity index (χ0n) is 8.17. The first-order chi connectivity index (χ1) is 7.13. The van der Waals surface area contributed by atoms with Crippen molar-refractivity contribution in [3.63, 3.8) is 0 Å². The van der Waals surface area contributed by atoms with Crippen molar-refractivity contribution in [3.8, 4) is 5.75 Å². The van der Waals surface area contributed by atoms with Crippen LogP contribution in [-0.4, -0.2) is 20.1 Å². The predicted molar refractivity (Wildman–Crippen MR) is 56.4 cm³/mol. The van der Waals surface area contributed by atoms with Gasteiger partial charge in [0.15, 0.2) is 0 Å². The fourth-order valence-electron chi connectivity index (χ4n) is 1.12. The maximum absolute atomic E-state index is 11.8. The first-order valence-electron chi connectivity index (χ1n) is 4.31. The Bertz CT molecular complexity index is 318. The van der Waals surface area contributed by atoms with Crippen molar-refractivity contribution >= 4 is 15.9 Å². The summed E-state index contributed by atoms with van der Waals surface area (Å²) >= 11 is 3.29. The number of methoxy groups -OCH3 is 1. The zero-order chi connectivity index (χ0) is 11.3. The summed E-state index contributed by atoms with van der Waals surface area (Å²) in [6, 6.07) is 5.35. The third-order valence-corrected chi connectivity index (χ3v) is 2.24. The van der Waals surface area contributed by atoms with Crippen LogP contribution in [0.5, 0.6) is 5.75 Å². The Kier molecular flexibility index (Phi) is 4.98. The van der Waals surface area contributed by atoms with Crippen molar-refractivity contribution in [2.45, 2.75) is 13.0 Å². The van der Waals surface area contributed by atoms with Crippen LogP contribution in [0.2, 0.25) is 0 Å². The highest BCUT2D eigenvalue weighted by molar-refractivity contribution is 9.10. The average Bonchev–Trinajstić information content (AvgIpc) is 2.17. The molecule has 0 atom stereocenters. The molecule has 0 aliphatic carbocycles. The monoisotopic (exact) mass is 280 g/mol. The second-order valence-corrected chi connectivity index (χ2v) is 3.78. The van der Waals surface area contributed by atoms with Crippen molar-refractivity contribution in [2.24, 2.45) is 0 Å². The Labute approximate surface area is 95.3 Å². The number of halogens is 3. The molecule has 0 aliphatic rings. The molecular weight excluding hydrogens is 270 g/mol. The average molecular weight is 281 g/mol. The first kappa shape index (κ1) is 12.4. The van der Waals surface area contributed by atoms with E-state index in [1.807, 2.05) is 6.07 Å². The lowest BCUT2D eigenvalue weighted by Gasteiger charge is -2.09. The number of hydrogen-bond donors (Lipinski definition) is 0. The topological polar surface area (TPSA) is 18.5 Å². The van der Waals surface area contributed by atoms with Gasteiger partial charge in [-0.25, -0.2) is 8.78 Å². The molecule has 0 aromatic heterocycles. The minimum absolute atomic E-state index is 0.118. The summed E-state index contributed by atoms with van der Waals surface area (Å²) in [5, 5.41) is 0. The second-order valence-electron chi connectivity index (χ2n) is 2.86. The molecule has 1 aromatic carbocycles. The molecule has 0 unspecified atom stereocenters. The summed E-state index contributed by atoms with van der Waals surface area (Å²) in [4.78, 5) is 0. The van der Waals surface area contributed by atoms with Crippen molar-refractivity contribution < 1.29 is 18.3 Å². The smallest absolute Gasteiger partial charge is 0.261 e. The first-order valence-corrected chi connectivity index (χ1v) is 5.11. The van der Waals surface area contributed by atoms with Crippen LogP contribution < -0.4 is 4.74 Å². The molecule has 5 heteroatoms. The summed E-state index contributed by atoms with van der Waals surface area (Å²) in [5.41, 5.74) is 0.743. The minimum Gasteiger partial charge on any atom is -0.496 e.